The quantitative estimate of drug-likeness (QED) is 0.919. The first-order chi connectivity index (χ1) is 10.1. The second-order valence-electron chi connectivity index (χ2n) is 5.83. The maximum absolute atomic E-state index is 12.3. The van der Waals surface area contributed by atoms with Crippen LogP contribution in [0.15, 0.2) is 18.2 Å². The number of carbonyl (C=O) groups excluding carboxylic acids is 1. The van der Waals surface area contributed by atoms with Gasteiger partial charge in [-0.25, -0.2) is 0 Å². The van der Waals surface area contributed by atoms with E-state index in [1.807, 2.05) is 23.1 Å². The third kappa shape index (κ3) is 2.70. The molecule has 0 aromatic heterocycles. The molecule has 3 rings (SSSR count). The summed E-state index contributed by atoms with van der Waals surface area (Å²) in [5.74, 6) is 1.67. The average molecular weight is 290 g/mol. The number of benzene rings is 1. The maximum atomic E-state index is 12.3. The molecule has 1 aromatic rings. The number of nitrogens with two attached hydrogens (primary N) is 1. The fourth-order valence-corrected chi connectivity index (χ4v) is 3.13. The Morgan fingerprint density at radius 2 is 1.71 bits per heavy atom. The van der Waals surface area contributed by atoms with Crippen molar-refractivity contribution in [2.45, 2.75) is 43.8 Å². The molecular weight excluding hydrogens is 268 g/mol. The van der Waals surface area contributed by atoms with Crippen molar-refractivity contribution in [3.05, 3.63) is 23.8 Å². The van der Waals surface area contributed by atoms with Crippen molar-refractivity contribution < 1.29 is 14.3 Å². The number of amides is 1. The van der Waals surface area contributed by atoms with Gasteiger partial charge in [-0.1, -0.05) is 0 Å². The molecule has 1 aliphatic carbocycles. The van der Waals surface area contributed by atoms with Gasteiger partial charge in [0, 0.05) is 24.6 Å². The Morgan fingerprint density at radius 1 is 1.10 bits per heavy atom. The molecule has 2 aliphatic rings. The Morgan fingerprint density at radius 3 is 2.24 bits per heavy atom. The molecular formula is C16H22N2O3. The van der Waals surface area contributed by atoms with E-state index in [1.54, 1.807) is 14.2 Å². The monoisotopic (exact) mass is 290 g/mol. The van der Waals surface area contributed by atoms with E-state index in [0.717, 1.165) is 36.3 Å². The highest BCUT2D eigenvalue weighted by atomic mass is 16.5. The number of piperidine rings is 1. The lowest BCUT2D eigenvalue weighted by Crippen LogP contribution is -2.49. The van der Waals surface area contributed by atoms with Gasteiger partial charge in [0.25, 0.3) is 0 Å². The van der Waals surface area contributed by atoms with Crippen LogP contribution >= 0.6 is 0 Å². The summed E-state index contributed by atoms with van der Waals surface area (Å²) in [7, 11) is 3.26. The lowest BCUT2D eigenvalue weighted by atomic mass is 9.90. The van der Waals surface area contributed by atoms with Gasteiger partial charge in [0.05, 0.1) is 20.3 Å². The molecule has 21 heavy (non-hydrogen) atoms. The summed E-state index contributed by atoms with van der Waals surface area (Å²) in [6, 6.07) is 5.98. The van der Waals surface area contributed by atoms with Gasteiger partial charge in [-0.15, -0.1) is 0 Å². The lowest BCUT2D eigenvalue weighted by molar-refractivity contribution is -0.138. The highest BCUT2D eigenvalue weighted by Gasteiger charge is 2.43. The van der Waals surface area contributed by atoms with Gasteiger partial charge in [-0.3, -0.25) is 4.79 Å². The number of carbonyl (C=O) groups is 1. The third-order valence-corrected chi connectivity index (χ3v) is 4.34. The first-order valence-corrected chi connectivity index (χ1v) is 7.43. The van der Waals surface area contributed by atoms with Gasteiger partial charge < -0.3 is 20.1 Å². The number of ether oxygens (including phenoxy) is 2. The van der Waals surface area contributed by atoms with E-state index in [-0.39, 0.29) is 18.0 Å². The molecule has 1 aliphatic heterocycles. The van der Waals surface area contributed by atoms with Crippen LogP contribution < -0.4 is 15.2 Å². The van der Waals surface area contributed by atoms with E-state index in [1.165, 1.54) is 0 Å². The normalized spacial score (nSPS) is 25.9. The van der Waals surface area contributed by atoms with E-state index in [2.05, 4.69) is 0 Å². The highest BCUT2D eigenvalue weighted by molar-refractivity contribution is 5.78. The summed E-state index contributed by atoms with van der Waals surface area (Å²) in [5.41, 5.74) is 7.34. The van der Waals surface area contributed by atoms with Crippen LogP contribution in [0.5, 0.6) is 11.5 Å². The zero-order valence-electron chi connectivity index (χ0n) is 12.5. The highest BCUT2D eigenvalue weighted by Crippen LogP contribution is 2.41. The van der Waals surface area contributed by atoms with Gasteiger partial charge in [0.1, 0.15) is 11.5 Å². The average Bonchev–Trinajstić information content (AvgIpc) is 3.33. The second kappa shape index (κ2) is 5.56. The zero-order valence-corrected chi connectivity index (χ0v) is 12.5. The lowest BCUT2D eigenvalue weighted by Gasteiger charge is -2.40. The van der Waals surface area contributed by atoms with Crippen LogP contribution in [0.3, 0.4) is 0 Å². The Hall–Kier alpha value is -1.75. The summed E-state index contributed by atoms with van der Waals surface area (Å²) < 4.78 is 10.7. The van der Waals surface area contributed by atoms with Crippen molar-refractivity contribution in [3.8, 4) is 11.5 Å². The molecule has 2 fully saturated rings. The van der Waals surface area contributed by atoms with Crippen LogP contribution in [-0.4, -0.2) is 37.1 Å². The smallest absolute Gasteiger partial charge is 0.223 e. The minimum absolute atomic E-state index is 0.0416. The molecule has 2 atom stereocenters. The molecule has 2 unspecified atom stereocenters. The molecule has 0 bridgehead atoms. The van der Waals surface area contributed by atoms with Crippen molar-refractivity contribution in [2.24, 2.45) is 5.73 Å². The molecule has 1 aromatic carbocycles. The molecule has 114 valence electrons. The van der Waals surface area contributed by atoms with Crippen molar-refractivity contribution in [1.82, 2.24) is 4.90 Å². The minimum atomic E-state index is -0.0808. The van der Waals surface area contributed by atoms with Gasteiger partial charge in [0.2, 0.25) is 5.91 Å². The largest absolute Gasteiger partial charge is 0.497 e. The Labute approximate surface area is 125 Å². The van der Waals surface area contributed by atoms with Gasteiger partial charge in [-0.05, 0) is 37.0 Å². The predicted octanol–water partition coefficient (Wildman–Crippen LogP) is 1.86. The number of rotatable bonds is 4. The van der Waals surface area contributed by atoms with E-state index in [0.29, 0.717) is 12.5 Å². The summed E-state index contributed by atoms with van der Waals surface area (Å²) >= 11 is 0. The molecule has 1 heterocycles. The Balaban J connectivity index is 2.00. The van der Waals surface area contributed by atoms with Crippen LogP contribution in [0.1, 0.15) is 37.3 Å². The van der Waals surface area contributed by atoms with Crippen LogP contribution in [0.2, 0.25) is 0 Å². The molecule has 1 amide bonds. The molecule has 2 N–H and O–H groups in total. The Kier molecular flexibility index (Phi) is 3.76. The minimum Gasteiger partial charge on any atom is -0.497 e. The molecule has 0 radical (unpaired) electrons. The molecule has 0 spiro atoms. The zero-order chi connectivity index (χ0) is 15.0. The van der Waals surface area contributed by atoms with E-state index in [9.17, 15) is 4.79 Å². The van der Waals surface area contributed by atoms with Gasteiger partial charge >= 0.3 is 0 Å². The second-order valence-corrected chi connectivity index (χ2v) is 5.83. The molecule has 1 saturated heterocycles. The van der Waals surface area contributed by atoms with Gasteiger partial charge in [0.15, 0.2) is 0 Å². The van der Waals surface area contributed by atoms with Gasteiger partial charge in [-0.2, -0.15) is 0 Å². The number of likely N-dealkylation sites (tertiary alicyclic amines) is 1. The molecule has 1 saturated carbocycles. The van der Waals surface area contributed by atoms with Crippen molar-refractivity contribution in [3.63, 3.8) is 0 Å². The van der Waals surface area contributed by atoms with Crippen LogP contribution in [0, 0.1) is 0 Å². The SMILES string of the molecule is COc1cc(OC)cc(C2C(N)CCC(=O)N2C2CC2)c1. The Bertz CT molecular complexity index is 520. The summed E-state index contributed by atoms with van der Waals surface area (Å²) in [4.78, 5) is 14.3. The van der Waals surface area contributed by atoms with E-state index in [4.69, 9.17) is 15.2 Å². The van der Waals surface area contributed by atoms with E-state index < -0.39 is 0 Å². The number of hydrogen-bond acceptors (Lipinski definition) is 4. The summed E-state index contributed by atoms with van der Waals surface area (Å²) in [6.07, 6.45) is 3.44. The van der Waals surface area contributed by atoms with Crippen LogP contribution in [0.4, 0.5) is 0 Å². The summed E-state index contributed by atoms with van der Waals surface area (Å²) in [6.45, 7) is 0. The van der Waals surface area contributed by atoms with Crippen LogP contribution in [0.25, 0.3) is 0 Å². The fraction of sp³-hybridized carbons (Fsp3) is 0.562. The first kappa shape index (κ1) is 14.2. The van der Waals surface area contributed by atoms with Crippen molar-refractivity contribution in [2.75, 3.05) is 14.2 Å². The molecule has 5 nitrogen and oxygen atoms in total. The third-order valence-electron chi connectivity index (χ3n) is 4.34. The number of methoxy groups -OCH3 is 2. The van der Waals surface area contributed by atoms with Crippen LogP contribution in [-0.2, 0) is 4.79 Å². The topological polar surface area (TPSA) is 64.8 Å². The fourth-order valence-electron chi connectivity index (χ4n) is 3.13. The molecule has 5 heteroatoms. The predicted molar refractivity (Wildman–Crippen MR) is 79.4 cm³/mol. The van der Waals surface area contributed by atoms with E-state index >= 15 is 0 Å². The summed E-state index contributed by atoms with van der Waals surface area (Å²) in [5, 5.41) is 0. The van der Waals surface area contributed by atoms with Crippen molar-refractivity contribution in [1.29, 1.82) is 0 Å². The standard InChI is InChI=1S/C16H22N2O3/c1-20-12-7-10(8-13(9-12)21-2)16-14(17)5-6-15(19)18(16)11-3-4-11/h7-9,11,14,16H,3-6,17H2,1-2H3. The first-order valence-electron chi connectivity index (χ1n) is 7.43. The number of hydrogen-bond donors (Lipinski definition) is 1. The number of nitrogens with zero attached hydrogens (tertiary/aromatic N) is 1. The van der Waals surface area contributed by atoms with Crippen molar-refractivity contribution >= 4 is 5.91 Å². The maximum Gasteiger partial charge on any atom is 0.223 e.